The molecule has 2 heterocycles. The van der Waals surface area contributed by atoms with E-state index < -0.39 is 37.5 Å². The minimum absolute atomic E-state index is 0.107. The quantitative estimate of drug-likeness (QED) is 0.494. The number of rotatable bonds is 6. The van der Waals surface area contributed by atoms with Crippen LogP contribution in [-0.2, 0) is 18.3 Å². The van der Waals surface area contributed by atoms with Crippen molar-refractivity contribution < 1.29 is 23.2 Å². The van der Waals surface area contributed by atoms with Crippen molar-refractivity contribution in [3.63, 3.8) is 0 Å². The first kappa shape index (κ1) is 19.4. The van der Waals surface area contributed by atoms with Crippen LogP contribution in [0.2, 0.25) is 0 Å². The summed E-state index contributed by atoms with van der Waals surface area (Å²) in [5.74, 6) is 0.332. The third kappa shape index (κ3) is 4.19. The van der Waals surface area contributed by atoms with E-state index in [4.69, 9.17) is 9.26 Å². The number of ether oxygens (including phenoxy) is 1. The smallest absolute Gasteiger partial charge is 0.352 e. The molecule has 0 aromatic carbocycles. The fourth-order valence-corrected chi connectivity index (χ4v) is 3.69. The summed E-state index contributed by atoms with van der Waals surface area (Å²) in [6, 6.07) is 0. The predicted molar refractivity (Wildman–Crippen MR) is 89.3 cm³/mol. The Kier molecular flexibility index (Phi) is 6.11. The van der Waals surface area contributed by atoms with Crippen molar-refractivity contribution in [2.75, 3.05) is 12.9 Å². The first-order chi connectivity index (χ1) is 11.2. The van der Waals surface area contributed by atoms with Crippen LogP contribution in [0.4, 0.5) is 0 Å². The molecule has 11 heteroatoms. The van der Waals surface area contributed by atoms with Crippen molar-refractivity contribution in [3.8, 4) is 0 Å². The van der Waals surface area contributed by atoms with E-state index in [1.54, 1.807) is 13.8 Å². The highest BCUT2D eigenvalue weighted by Gasteiger charge is 2.41. The number of hydrogen-bond donors (Lipinski definition) is 3. The Hall–Kier alpha value is -0.900. The fourth-order valence-electron chi connectivity index (χ4n) is 2.71. The molecule has 0 spiro atoms. The maximum Gasteiger partial charge on any atom is 0.472 e. The van der Waals surface area contributed by atoms with Crippen LogP contribution in [0.25, 0.3) is 0 Å². The van der Waals surface area contributed by atoms with Gasteiger partial charge in [-0.3, -0.25) is 23.4 Å². The number of nitrogens with zero attached hydrogens (tertiary/aromatic N) is 1. The van der Waals surface area contributed by atoms with Crippen LogP contribution in [0.5, 0.6) is 0 Å². The summed E-state index contributed by atoms with van der Waals surface area (Å²) < 4.78 is 28.2. The highest BCUT2D eigenvalue weighted by Crippen LogP contribution is 2.46. The lowest BCUT2D eigenvalue weighted by molar-refractivity contribution is -0.0612. The van der Waals surface area contributed by atoms with Crippen LogP contribution < -0.4 is 11.2 Å². The van der Waals surface area contributed by atoms with E-state index in [0.717, 1.165) is 7.11 Å². The first-order valence-corrected chi connectivity index (χ1v) is 9.46. The molecular weight excluding hydrogens is 359 g/mol. The fraction of sp³-hybridized carbons (Fsp3) is 0.692. The standard InChI is InChI=1S/C13H21N2O7PS/c1-7-5-15(13(17)14-12(7)16)10-4-9(6-24)11(21-10)8(2)22-23(18,19)20-3/h5,8-11,24H,4,6H2,1-3H3,(H,18,19)(H,14,16,17)/t8-,9?,10+,11+/m0/s1. The molecule has 2 unspecified atom stereocenters. The molecule has 1 aliphatic heterocycles. The van der Waals surface area contributed by atoms with Gasteiger partial charge >= 0.3 is 13.5 Å². The molecule has 5 atom stereocenters. The van der Waals surface area contributed by atoms with Crippen molar-refractivity contribution >= 4 is 20.5 Å². The predicted octanol–water partition coefficient (Wildman–Crippen LogP) is 0.830. The van der Waals surface area contributed by atoms with Crippen LogP contribution in [0, 0.1) is 12.8 Å². The molecule has 1 aromatic heterocycles. The number of phosphoric ester groups is 1. The highest BCUT2D eigenvalue weighted by atomic mass is 32.1. The van der Waals surface area contributed by atoms with Gasteiger partial charge in [0.25, 0.3) is 5.56 Å². The Balaban J connectivity index is 2.23. The number of aryl methyl sites for hydroxylation is 1. The highest BCUT2D eigenvalue weighted by molar-refractivity contribution is 7.80. The molecule has 1 aromatic rings. The minimum atomic E-state index is -4.16. The summed E-state index contributed by atoms with van der Waals surface area (Å²) in [6.07, 6.45) is -0.0381. The zero-order chi connectivity index (χ0) is 18.1. The lowest BCUT2D eigenvalue weighted by Gasteiger charge is -2.25. The second kappa shape index (κ2) is 7.55. The maximum absolute atomic E-state index is 12.0. The molecule has 0 amide bonds. The van der Waals surface area contributed by atoms with Gasteiger partial charge in [0.05, 0.1) is 12.2 Å². The summed E-state index contributed by atoms with van der Waals surface area (Å²) in [5.41, 5.74) is -0.644. The summed E-state index contributed by atoms with van der Waals surface area (Å²) in [5, 5.41) is 0. The average Bonchev–Trinajstić information content (AvgIpc) is 2.94. The van der Waals surface area contributed by atoms with Gasteiger partial charge in [-0.2, -0.15) is 12.6 Å². The van der Waals surface area contributed by atoms with Crippen LogP contribution in [0.3, 0.4) is 0 Å². The number of thiol groups is 1. The summed E-state index contributed by atoms with van der Waals surface area (Å²) >= 11 is 4.28. The van der Waals surface area contributed by atoms with E-state index >= 15 is 0 Å². The summed E-state index contributed by atoms with van der Waals surface area (Å²) in [6.45, 7) is 3.18. The number of phosphoric acid groups is 1. The summed E-state index contributed by atoms with van der Waals surface area (Å²) in [7, 11) is -3.08. The zero-order valence-electron chi connectivity index (χ0n) is 13.5. The molecule has 0 aliphatic carbocycles. The van der Waals surface area contributed by atoms with Gasteiger partial charge in [-0.1, -0.05) is 0 Å². The third-order valence-electron chi connectivity index (χ3n) is 3.97. The van der Waals surface area contributed by atoms with Crippen LogP contribution in [0.1, 0.15) is 25.1 Å². The average molecular weight is 380 g/mol. The molecule has 24 heavy (non-hydrogen) atoms. The molecule has 1 saturated heterocycles. The molecule has 1 fully saturated rings. The van der Waals surface area contributed by atoms with E-state index in [0.29, 0.717) is 17.7 Å². The van der Waals surface area contributed by atoms with E-state index in [2.05, 4.69) is 22.1 Å². The van der Waals surface area contributed by atoms with Crippen molar-refractivity contribution in [3.05, 3.63) is 32.6 Å². The minimum Gasteiger partial charge on any atom is -0.352 e. The largest absolute Gasteiger partial charge is 0.472 e. The third-order valence-corrected chi connectivity index (χ3v) is 5.50. The van der Waals surface area contributed by atoms with Gasteiger partial charge in [-0.15, -0.1) is 0 Å². The Morgan fingerprint density at radius 2 is 2.25 bits per heavy atom. The summed E-state index contributed by atoms with van der Waals surface area (Å²) in [4.78, 5) is 35.1. The molecule has 1 aliphatic rings. The van der Waals surface area contributed by atoms with Crippen molar-refractivity contribution in [2.45, 2.75) is 38.7 Å². The van der Waals surface area contributed by atoms with E-state index in [-0.39, 0.29) is 5.92 Å². The van der Waals surface area contributed by atoms with Gasteiger partial charge in [0.2, 0.25) is 0 Å². The van der Waals surface area contributed by atoms with Gasteiger partial charge in [0.1, 0.15) is 6.23 Å². The normalized spacial score (nSPS) is 27.8. The molecule has 9 nitrogen and oxygen atoms in total. The molecule has 0 saturated carbocycles. The number of H-pyrrole nitrogens is 1. The topological polar surface area (TPSA) is 120 Å². The van der Waals surface area contributed by atoms with Gasteiger partial charge in [0, 0.05) is 24.8 Å². The first-order valence-electron chi connectivity index (χ1n) is 7.33. The van der Waals surface area contributed by atoms with Crippen molar-refractivity contribution in [1.29, 1.82) is 0 Å². The Morgan fingerprint density at radius 3 is 2.83 bits per heavy atom. The molecular formula is C13H21N2O7PS. The molecule has 136 valence electrons. The molecule has 0 radical (unpaired) electrons. The Bertz CT molecular complexity index is 749. The molecule has 0 bridgehead atoms. The van der Waals surface area contributed by atoms with Crippen LogP contribution >= 0.6 is 20.5 Å². The zero-order valence-corrected chi connectivity index (χ0v) is 15.3. The molecule has 2 rings (SSSR count). The van der Waals surface area contributed by atoms with Gasteiger partial charge < -0.3 is 9.63 Å². The number of aromatic amines is 1. The lowest BCUT2D eigenvalue weighted by atomic mass is 9.99. The molecule has 2 N–H and O–H groups in total. The Labute approximate surface area is 144 Å². The van der Waals surface area contributed by atoms with Crippen molar-refractivity contribution in [2.24, 2.45) is 5.92 Å². The number of nitrogens with one attached hydrogen (secondary N) is 1. The second-order valence-corrected chi connectivity index (χ2v) is 7.55. The van der Waals surface area contributed by atoms with Gasteiger partial charge in [0.15, 0.2) is 0 Å². The SMILES string of the molecule is COP(=O)(O)O[C@@H](C)[C@H]1O[C@@H](n2cc(C)c(=O)[nH]c2=O)CC1CS. The van der Waals surface area contributed by atoms with E-state index in [9.17, 15) is 19.0 Å². The van der Waals surface area contributed by atoms with E-state index in [1.807, 2.05) is 0 Å². The lowest BCUT2D eigenvalue weighted by Crippen LogP contribution is -2.34. The monoisotopic (exact) mass is 380 g/mol. The van der Waals surface area contributed by atoms with Gasteiger partial charge in [-0.05, 0) is 26.0 Å². The maximum atomic E-state index is 12.0. The second-order valence-electron chi connectivity index (χ2n) is 5.67. The van der Waals surface area contributed by atoms with Gasteiger partial charge in [-0.25, -0.2) is 9.36 Å². The van der Waals surface area contributed by atoms with E-state index in [1.165, 1.54) is 10.8 Å². The van der Waals surface area contributed by atoms with Crippen LogP contribution in [-0.4, -0.2) is 39.5 Å². The number of hydrogen-bond acceptors (Lipinski definition) is 7. The van der Waals surface area contributed by atoms with Crippen LogP contribution in [0.15, 0.2) is 15.8 Å². The van der Waals surface area contributed by atoms with Crippen molar-refractivity contribution in [1.82, 2.24) is 9.55 Å². The Morgan fingerprint density at radius 1 is 1.58 bits per heavy atom. The number of aromatic nitrogens is 2.